The Labute approximate surface area is 187 Å². The fourth-order valence-corrected chi connectivity index (χ4v) is 6.98. The molecule has 2 fully saturated rings. The van der Waals surface area contributed by atoms with Gasteiger partial charge < -0.3 is 14.2 Å². The molecule has 2 aromatic heterocycles. The van der Waals surface area contributed by atoms with Crippen LogP contribution in [0.15, 0.2) is 26.9 Å². The maximum absolute atomic E-state index is 13.5. The third kappa shape index (κ3) is 4.87. The third-order valence-corrected chi connectivity index (χ3v) is 8.96. The van der Waals surface area contributed by atoms with Gasteiger partial charge in [0, 0.05) is 31.1 Å². The first-order chi connectivity index (χ1) is 14.9. The minimum atomic E-state index is -3.76. The largest absolute Gasteiger partial charge is 0.376 e. The Morgan fingerprint density at radius 3 is 2.81 bits per heavy atom. The number of ether oxygens (including phenoxy) is 1. The average molecular weight is 468 g/mol. The summed E-state index contributed by atoms with van der Waals surface area (Å²) in [5, 5.41) is 5.79. The van der Waals surface area contributed by atoms with E-state index >= 15 is 0 Å². The number of piperidine rings is 1. The summed E-state index contributed by atoms with van der Waals surface area (Å²) in [6, 6.07) is 4.00. The highest BCUT2D eigenvalue weighted by molar-refractivity contribution is 7.89. The van der Waals surface area contributed by atoms with Crippen LogP contribution < -0.4 is 0 Å². The van der Waals surface area contributed by atoms with Crippen LogP contribution in [0.1, 0.15) is 42.0 Å². The van der Waals surface area contributed by atoms with Gasteiger partial charge in [0.05, 0.1) is 18.6 Å². The van der Waals surface area contributed by atoms with Crippen molar-refractivity contribution in [2.24, 2.45) is 5.92 Å². The van der Waals surface area contributed by atoms with E-state index in [2.05, 4.69) is 5.16 Å². The van der Waals surface area contributed by atoms with Crippen LogP contribution in [0, 0.1) is 19.8 Å². The van der Waals surface area contributed by atoms with Gasteiger partial charge in [-0.1, -0.05) is 11.2 Å². The molecule has 0 N–H and O–H groups in total. The van der Waals surface area contributed by atoms with E-state index in [0.717, 1.165) is 24.3 Å². The second-order valence-electron chi connectivity index (χ2n) is 8.29. The minimum absolute atomic E-state index is 0.00237. The van der Waals surface area contributed by atoms with E-state index in [1.807, 2.05) is 22.4 Å². The van der Waals surface area contributed by atoms with Crippen molar-refractivity contribution < 1.29 is 22.5 Å². The molecule has 170 valence electrons. The molecule has 4 rings (SSSR count). The highest BCUT2D eigenvalue weighted by atomic mass is 32.2. The SMILES string of the molecule is Cc1noc(C)c1S(=O)(=O)N1CCCC(C(=O)N(Cc2cccs2)CC2CCCO2)C1. The van der Waals surface area contributed by atoms with Crippen LogP contribution in [0.4, 0.5) is 0 Å². The summed E-state index contributed by atoms with van der Waals surface area (Å²) in [5.41, 5.74) is 0.351. The highest BCUT2D eigenvalue weighted by Gasteiger charge is 2.38. The second kappa shape index (κ2) is 9.40. The van der Waals surface area contributed by atoms with Crippen LogP contribution in [0.2, 0.25) is 0 Å². The number of thiophene rings is 1. The summed E-state index contributed by atoms with van der Waals surface area (Å²) < 4.78 is 38.8. The number of sulfonamides is 1. The van der Waals surface area contributed by atoms with E-state index in [-0.39, 0.29) is 35.1 Å². The fraction of sp³-hybridized carbons (Fsp3) is 0.619. The van der Waals surface area contributed by atoms with Gasteiger partial charge in [-0.25, -0.2) is 8.42 Å². The standard InChI is InChI=1S/C21H29N3O5S2/c1-15-20(16(2)29-22-15)31(26,27)24-9-3-6-17(12-24)21(25)23(13-18-7-4-10-28-18)14-19-8-5-11-30-19/h5,8,11,17-18H,3-4,6-7,9-10,12-14H2,1-2H3. The molecule has 31 heavy (non-hydrogen) atoms. The van der Waals surface area contributed by atoms with Gasteiger partial charge in [-0.05, 0) is 51.0 Å². The van der Waals surface area contributed by atoms with Gasteiger partial charge in [0.2, 0.25) is 15.9 Å². The molecule has 10 heteroatoms. The van der Waals surface area contributed by atoms with E-state index in [1.165, 1.54) is 4.31 Å². The van der Waals surface area contributed by atoms with E-state index < -0.39 is 10.0 Å². The smallest absolute Gasteiger partial charge is 0.248 e. The van der Waals surface area contributed by atoms with Crippen molar-refractivity contribution in [2.45, 2.75) is 57.1 Å². The van der Waals surface area contributed by atoms with Crippen molar-refractivity contribution in [3.05, 3.63) is 33.8 Å². The summed E-state index contributed by atoms with van der Waals surface area (Å²) in [7, 11) is -3.76. The maximum atomic E-state index is 13.5. The Morgan fingerprint density at radius 1 is 1.32 bits per heavy atom. The summed E-state index contributed by atoms with van der Waals surface area (Å²) in [6.07, 6.45) is 3.34. The predicted octanol–water partition coefficient (Wildman–Crippen LogP) is 2.96. The Hall–Kier alpha value is -1.75. The van der Waals surface area contributed by atoms with Crippen LogP contribution in [0.5, 0.6) is 0 Å². The molecule has 0 radical (unpaired) electrons. The number of carbonyl (C=O) groups is 1. The molecule has 2 saturated heterocycles. The Morgan fingerprint density at radius 2 is 2.16 bits per heavy atom. The van der Waals surface area contributed by atoms with Gasteiger partial charge in [-0.15, -0.1) is 11.3 Å². The summed E-state index contributed by atoms with van der Waals surface area (Å²) >= 11 is 1.62. The number of carbonyl (C=O) groups excluding carboxylic acids is 1. The van der Waals surface area contributed by atoms with Gasteiger partial charge >= 0.3 is 0 Å². The molecule has 2 aromatic rings. The molecule has 1 amide bonds. The van der Waals surface area contributed by atoms with E-state index in [0.29, 0.717) is 38.2 Å². The number of hydrogen-bond donors (Lipinski definition) is 0. The quantitative estimate of drug-likeness (QED) is 0.622. The van der Waals surface area contributed by atoms with Crippen molar-refractivity contribution >= 4 is 27.3 Å². The van der Waals surface area contributed by atoms with Crippen LogP contribution in [-0.4, -0.2) is 61.0 Å². The van der Waals surface area contributed by atoms with Gasteiger partial charge in [-0.2, -0.15) is 4.31 Å². The zero-order chi connectivity index (χ0) is 22.0. The normalized spacial score (nSPS) is 22.6. The number of hydrogen-bond acceptors (Lipinski definition) is 7. The van der Waals surface area contributed by atoms with Crippen LogP contribution >= 0.6 is 11.3 Å². The lowest BCUT2D eigenvalue weighted by atomic mass is 9.97. The maximum Gasteiger partial charge on any atom is 0.248 e. The van der Waals surface area contributed by atoms with Crippen molar-refractivity contribution in [2.75, 3.05) is 26.2 Å². The second-order valence-corrected chi connectivity index (χ2v) is 11.2. The first-order valence-electron chi connectivity index (χ1n) is 10.7. The van der Waals surface area contributed by atoms with Crippen molar-refractivity contribution in [1.29, 1.82) is 0 Å². The van der Waals surface area contributed by atoms with Crippen molar-refractivity contribution in [3.63, 3.8) is 0 Å². The molecule has 0 spiro atoms. The zero-order valence-electron chi connectivity index (χ0n) is 18.0. The molecular weight excluding hydrogens is 438 g/mol. The van der Waals surface area contributed by atoms with Crippen molar-refractivity contribution in [1.82, 2.24) is 14.4 Å². The Balaban J connectivity index is 1.51. The minimum Gasteiger partial charge on any atom is -0.376 e. The lowest BCUT2D eigenvalue weighted by molar-refractivity contribution is -0.139. The summed E-state index contributed by atoms with van der Waals surface area (Å²) in [6.45, 7) is 5.61. The van der Waals surface area contributed by atoms with Gasteiger partial charge in [-0.3, -0.25) is 4.79 Å². The number of aromatic nitrogens is 1. The topological polar surface area (TPSA) is 93.0 Å². The third-order valence-electron chi connectivity index (χ3n) is 5.99. The Bertz CT molecular complexity index is 977. The molecule has 0 bridgehead atoms. The zero-order valence-corrected chi connectivity index (χ0v) is 19.6. The molecule has 8 nitrogen and oxygen atoms in total. The van der Waals surface area contributed by atoms with E-state index in [1.54, 1.807) is 25.2 Å². The first kappa shape index (κ1) is 22.4. The molecular formula is C21H29N3O5S2. The van der Waals surface area contributed by atoms with Gasteiger partial charge in [0.1, 0.15) is 10.6 Å². The van der Waals surface area contributed by atoms with Crippen LogP contribution in [0.3, 0.4) is 0 Å². The van der Waals surface area contributed by atoms with Crippen molar-refractivity contribution in [3.8, 4) is 0 Å². The average Bonchev–Trinajstić information content (AvgIpc) is 3.51. The van der Waals surface area contributed by atoms with Gasteiger partial charge in [0.15, 0.2) is 5.76 Å². The van der Waals surface area contributed by atoms with Crippen LogP contribution in [-0.2, 0) is 26.1 Å². The van der Waals surface area contributed by atoms with E-state index in [9.17, 15) is 13.2 Å². The fourth-order valence-electron chi connectivity index (χ4n) is 4.45. The molecule has 0 aliphatic carbocycles. The summed E-state index contributed by atoms with van der Waals surface area (Å²) in [4.78, 5) is 16.6. The lowest BCUT2D eigenvalue weighted by Crippen LogP contribution is -2.48. The molecule has 2 unspecified atom stereocenters. The first-order valence-corrected chi connectivity index (χ1v) is 13.0. The summed E-state index contributed by atoms with van der Waals surface area (Å²) in [5.74, 6) is -0.0865. The molecule has 4 heterocycles. The highest BCUT2D eigenvalue weighted by Crippen LogP contribution is 2.29. The number of nitrogens with zero attached hydrogens (tertiary/aromatic N) is 3. The lowest BCUT2D eigenvalue weighted by Gasteiger charge is -2.35. The van der Waals surface area contributed by atoms with Crippen LogP contribution in [0.25, 0.3) is 0 Å². The number of aryl methyl sites for hydroxylation is 2. The monoisotopic (exact) mass is 467 g/mol. The molecule has 2 atom stereocenters. The Kier molecular flexibility index (Phi) is 6.80. The number of amides is 1. The molecule has 0 saturated carbocycles. The molecule has 2 aliphatic rings. The van der Waals surface area contributed by atoms with Gasteiger partial charge in [0.25, 0.3) is 0 Å². The predicted molar refractivity (Wildman–Crippen MR) is 116 cm³/mol. The molecule has 0 aromatic carbocycles. The number of rotatable bonds is 7. The molecule has 2 aliphatic heterocycles. The van der Waals surface area contributed by atoms with E-state index in [4.69, 9.17) is 9.26 Å².